The summed E-state index contributed by atoms with van der Waals surface area (Å²) in [7, 11) is 0.672. The molecule has 3 rings (SSSR count). The van der Waals surface area contributed by atoms with E-state index >= 15 is 0 Å². The van der Waals surface area contributed by atoms with Crippen molar-refractivity contribution in [2.45, 2.75) is 25.6 Å². The smallest absolute Gasteiger partial charge is 0.310 e. The monoisotopic (exact) mass is 496 g/mol. The molecule has 0 aliphatic heterocycles. The molecule has 0 saturated carbocycles. The number of benzene rings is 3. The summed E-state index contributed by atoms with van der Waals surface area (Å²) in [6, 6.07) is 21.6. The Bertz CT molecular complexity index is 1130. The van der Waals surface area contributed by atoms with Gasteiger partial charge < -0.3 is 14.9 Å². The number of aliphatic hydroxyl groups is 2. The molecule has 0 saturated heterocycles. The average molecular weight is 497 g/mol. The Morgan fingerprint density at radius 2 is 1.56 bits per heavy atom. The lowest BCUT2D eigenvalue weighted by Crippen LogP contribution is -2.22. The van der Waals surface area contributed by atoms with Crippen LogP contribution >= 0.6 is 19.8 Å². The van der Waals surface area contributed by atoms with E-state index in [9.17, 15) is 19.8 Å². The zero-order valence-electron chi connectivity index (χ0n) is 18.6. The molecule has 0 amide bonds. The first kappa shape index (κ1) is 25.8. The number of carbonyl (C=O) groups is 2. The van der Waals surface area contributed by atoms with Crippen LogP contribution in [-0.4, -0.2) is 34.6 Å². The van der Waals surface area contributed by atoms with Crippen LogP contribution in [0.4, 0.5) is 0 Å². The summed E-state index contributed by atoms with van der Waals surface area (Å²) >= 11 is 5.95. The van der Waals surface area contributed by atoms with Gasteiger partial charge in [0.05, 0.1) is 5.92 Å². The van der Waals surface area contributed by atoms with Gasteiger partial charge in [0.15, 0.2) is 12.1 Å². The molecule has 2 N–H and O–H groups in total. The molecule has 0 aromatic heterocycles. The van der Waals surface area contributed by atoms with Gasteiger partial charge in [-0.3, -0.25) is 9.59 Å². The predicted octanol–water partition coefficient (Wildman–Crippen LogP) is 5.69. The summed E-state index contributed by atoms with van der Waals surface area (Å²) in [6.45, 7) is 0. The third-order valence-electron chi connectivity index (χ3n) is 5.54. The average Bonchev–Trinajstić information content (AvgIpc) is 2.85. The molecule has 0 fully saturated rings. The van der Waals surface area contributed by atoms with Gasteiger partial charge in [-0.05, 0) is 41.7 Å². The van der Waals surface area contributed by atoms with Gasteiger partial charge in [-0.2, -0.15) is 0 Å². The Hall–Kier alpha value is -2.82. The minimum absolute atomic E-state index is 0.00297. The van der Waals surface area contributed by atoms with Crippen molar-refractivity contribution in [1.29, 1.82) is 0 Å². The summed E-state index contributed by atoms with van der Waals surface area (Å²) in [6.07, 6.45) is 2.94. The van der Waals surface area contributed by atoms with Crippen LogP contribution in [0.1, 0.15) is 40.6 Å². The number of rotatable bonds is 11. The van der Waals surface area contributed by atoms with Crippen molar-refractivity contribution in [2.24, 2.45) is 5.92 Å². The van der Waals surface area contributed by atoms with Gasteiger partial charge in [-0.15, -0.1) is 0 Å². The van der Waals surface area contributed by atoms with Crippen LogP contribution in [0.25, 0.3) is 11.1 Å². The van der Waals surface area contributed by atoms with Crippen molar-refractivity contribution in [1.82, 2.24) is 0 Å². The number of hydrogen-bond donors (Lipinski definition) is 2. The molecule has 0 radical (unpaired) electrons. The quantitative estimate of drug-likeness (QED) is 0.154. The zero-order chi connectivity index (χ0) is 24.5. The van der Waals surface area contributed by atoms with E-state index in [1.54, 1.807) is 36.4 Å². The molecule has 3 aromatic carbocycles. The summed E-state index contributed by atoms with van der Waals surface area (Å²) in [5, 5.41) is 19.9. The van der Waals surface area contributed by atoms with Crippen molar-refractivity contribution in [2.75, 3.05) is 6.35 Å². The summed E-state index contributed by atoms with van der Waals surface area (Å²) in [5.41, 5.74) is 3.55. The topological polar surface area (TPSA) is 83.8 Å². The molecule has 0 heterocycles. The Labute approximate surface area is 205 Å². The molecular formula is C27H26ClO5P. The van der Waals surface area contributed by atoms with Crippen LogP contribution in [-0.2, 0) is 16.0 Å². The van der Waals surface area contributed by atoms with Crippen molar-refractivity contribution in [3.8, 4) is 11.1 Å². The molecular weight excluding hydrogens is 471 g/mol. The fourth-order valence-corrected chi connectivity index (χ4v) is 4.05. The first-order chi connectivity index (χ1) is 16.4. The van der Waals surface area contributed by atoms with Gasteiger partial charge in [0.1, 0.15) is 6.35 Å². The lowest BCUT2D eigenvalue weighted by atomic mass is 9.90. The maximum Gasteiger partial charge on any atom is 0.310 e. The zero-order valence-corrected chi connectivity index (χ0v) is 20.2. The van der Waals surface area contributed by atoms with Crippen LogP contribution in [0.15, 0.2) is 72.8 Å². The minimum Gasteiger partial charge on any atom is -0.456 e. The molecule has 0 aliphatic rings. The normalized spacial score (nSPS) is 12.0. The third-order valence-corrected chi connectivity index (χ3v) is 6.11. The number of ketones is 1. The van der Waals surface area contributed by atoms with Crippen LogP contribution < -0.4 is 0 Å². The van der Waals surface area contributed by atoms with Crippen LogP contribution in [0.2, 0.25) is 5.02 Å². The second kappa shape index (κ2) is 12.6. The van der Waals surface area contributed by atoms with Crippen LogP contribution in [0.3, 0.4) is 0 Å². The third kappa shape index (κ3) is 7.09. The molecule has 176 valence electrons. The highest BCUT2D eigenvalue weighted by atomic mass is 35.5. The summed E-state index contributed by atoms with van der Waals surface area (Å²) in [5.74, 6) is -1.27. The minimum atomic E-state index is -1.60. The highest BCUT2D eigenvalue weighted by molar-refractivity contribution is 7.36. The summed E-state index contributed by atoms with van der Waals surface area (Å²) in [4.78, 5) is 25.7. The largest absolute Gasteiger partial charge is 0.456 e. The number of Topliss-reactive ketones (excluding diaryl/α,β-unsaturated/α-hetero) is 1. The van der Waals surface area contributed by atoms with Crippen LogP contribution in [0.5, 0.6) is 0 Å². The molecule has 3 aromatic rings. The summed E-state index contributed by atoms with van der Waals surface area (Å²) < 4.78 is 5.27. The molecule has 34 heavy (non-hydrogen) atoms. The van der Waals surface area contributed by atoms with Crippen LogP contribution in [0, 0.1) is 5.92 Å². The molecule has 1 atom stereocenters. The molecule has 0 bridgehead atoms. The van der Waals surface area contributed by atoms with Gasteiger partial charge in [-0.25, -0.2) is 0 Å². The Kier molecular flexibility index (Phi) is 9.55. The van der Waals surface area contributed by atoms with E-state index in [0.29, 0.717) is 42.8 Å². The fraction of sp³-hybridized carbons (Fsp3) is 0.222. The van der Waals surface area contributed by atoms with E-state index < -0.39 is 18.2 Å². The van der Waals surface area contributed by atoms with E-state index in [1.807, 2.05) is 36.4 Å². The number of hydrogen-bond acceptors (Lipinski definition) is 5. The Morgan fingerprint density at radius 1 is 0.941 bits per heavy atom. The number of ether oxygens (including phenoxy) is 1. The SMILES string of the molecule is C=PCOC(=O)C(CCc1ccccc1C(O)O)CC(=O)c1ccc(-c2ccc(Cl)cc2)cc1. The number of esters is 1. The lowest BCUT2D eigenvalue weighted by Gasteiger charge is -2.17. The second-order valence-electron chi connectivity index (χ2n) is 7.84. The van der Waals surface area contributed by atoms with Crippen molar-refractivity contribution in [3.05, 3.63) is 94.5 Å². The highest BCUT2D eigenvalue weighted by Crippen LogP contribution is 2.25. The maximum atomic E-state index is 13.0. The van der Waals surface area contributed by atoms with E-state index in [1.165, 1.54) is 0 Å². The highest BCUT2D eigenvalue weighted by Gasteiger charge is 2.24. The van der Waals surface area contributed by atoms with Gasteiger partial charge in [-0.1, -0.05) is 86.8 Å². The van der Waals surface area contributed by atoms with Crippen molar-refractivity contribution >= 4 is 37.9 Å². The first-order valence-corrected chi connectivity index (χ1v) is 12.5. The maximum absolute atomic E-state index is 13.0. The Balaban J connectivity index is 1.72. The Morgan fingerprint density at radius 3 is 2.18 bits per heavy atom. The van der Waals surface area contributed by atoms with Gasteiger partial charge in [0, 0.05) is 22.6 Å². The van der Waals surface area contributed by atoms with E-state index in [0.717, 1.165) is 11.1 Å². The van der Waals surface area contributed by atoms with E-state index in [4.69, 9.17) is 16.3 Å². The molecule has 0 aliphatic carbocycles. The van der Waals surface area contributed by atoms with E-state index in [2.05, 4.69) is 6.30 Å². The van der Waals surface area contributed by atoms with Gasteiger partial charge in [0.25, 0.3) is 0 Å². The number of aliphatic hydroxyl groups excluding tert-OH is 1. The predicted molar refractivity (Wildman–Crippen MR) is 136 cm³/mol. The number of aryl methyl sites for hydroxylation is 1. The lowest BCUT2D eigenvalue weighted by molar-refractivity contribution is -0.146. The van der Waals surface area contributed by atoms with Gasteiger partial charge >= 0.3 is 5.97 Å². The second-order valence-corrected chi connectivity index (χ2v) is 8.98. The van der Waals surface area contributed by atoms with Crippen molar-refractivity contribution < 1.29 is 24.5 Å². The molecule has 5 nitrogen and oxygen atoms in total. The number of halogens is 1. The van der Waals surface area contributed by atoms with E-state index in [-0.39, 0.29) is 18.6 Å². The first-order valence-electron chi connectivity index (χ1n) is 10.8. The number of carbonyl (C=O) groups excluding carboxylic acids is 2. The molecule has 1 unspecified atom stereocenters. The van der Waals surface area contributed by atoms with Crippen molar-refractivity contribution in [3.63, 3.8) is 0 Å². The standard InChI is InChI=1S/C27H26ClO5P/c1-34-17-33-27(32)22(11-8-20-4-2-3-5-24(20)26(30)31)16-25(29)21-9-6-18(7-10-21)19-12-14-23(28)15-13-19/h2-7,9-10,12-15,22,26,30-31H,1,8,11,16-17H2. The molecule has 7 heteroatoms. The van der Waals surface area contributed by atoms with Gasteiger partial charge in [0.2, 0.25) is 0 Å². The molecule has 0 spiro atoms. The fourth-order valence-electron chi connectivity index (χ4n) is 3.71.